The average molecular weight is 227 g/mol. The first-order chi connectivity index (χ1) is 7.60. The van der Waals surface area contributed by atoms with Crippen LogP contribution in [0.1, 0.15) is 39.5 Å². The van der Waals surface area contributed by atoms with E-state index in [1.165, 1.54) is 0 Å². The van der Waals surface area contributed by atoms with Crippen LogP contribution in [0.25, 0.3) is 0 Å². The molecule has 1 unspecified atom stereocenters. The van der Waals surface area contributed by atoms with Gasteiger partial charge in [-0.1, -0.05) is 13.8 Å². The molecule has 0 bridgehead atoms. The van der Waals surface area contributed by atoms with Gasteiger partial charge in [0.1, 0.15) is 0 Å². The molecule has 1 saturated heterocycles. The monoisotopic (exact) mass is 227 g/mol. The van der Waals surface area contributed by atoms with Gasteiger partial charge in [0.2, 0.25) is 5.91 Å². The van der Waals surface area contributed by atoms with Gasteiger partial charge in [0.05, 0.1) is 5.92 Å². The number of nitrogens with zero attached hydrogens (tertiary/aromatic N) is 1. The lowest BCUT2D eigenvalue weighted by Gasteiger charge is -2.33. The third-order valence-electron chi connectivity index (χ3n) is 3.42. The number of amides is 1. The number of aliphatic carboxylic acids is 1. The lowest BCUT2D eigenvalue weighted by Crippen LogP contribution is -2.44. The number of rotatable bonds is 4. The van der Waals surface area contributed by atoms with Gasteiger partial charge in [0.15, 0.2) is 0 Å². The van der Waals surface area contributed by atoms with E-state index in [0.29, 0.717) is 13.0 Å². The van der Waals surface area contributed by atoms with Crippen LogP contribution in [0, 0.1) is 11.8 Å². The Morgan fingerprint density at radius 2 is 2.00 bits per heavy atom. The molecule has 0 saturated carbocycles. The van der Waals surface area contributed by atoms with E-state index in [1.54, 1.807) is 4.90 Å². The van der Waals surface area contributed by atoms with Gasteiger partial charge in [-0.25, -0.2) is 0 Å². The first-order valence-electron chi connectivity index (χ1n) is 6.11. The molecule has 0 aromatic heterocycles. The highest BCUT2D eigenvalue weighted by atomic mass is 16.4. The number of hydrogen-bond donors (Lipinski definition) is 1. The molecule has 1 rings (SSSR count). The lowest BCUT2D eigenvalue weighted by molar-refractivity contribution is -0.146. The summed E-state index contributed by atoms with van der Waals surface area (Å²) in [5.41, 5.74) is 0. The predicted octanol–water partition coefficient (Wildman–Crippen LogP) is 1.75. The molecular formula is C12H21NO3. The van der Waals surface area contributed by atoms with E-state index in [0.717, 1.165) is 25.8 Å². The standard InChI is InChI=1S/C12H21NO3/c1-3-9(4-2)11(14)13-7-5-6-10(8-13)12(15)16/h9-10H,3-8H2,1-2H3,(H,15,16). The molecular weight excluding hydrogens is 206 g/mol. The third-order valence-corrected chi connectivity index (χ3v) is 3.42. The molecule has 4 heteroatoms. The topological polar surface area (TPSA) is 57.6 Å². The molecule has 0 radical (unpaired) electrons. The minimum atomic E-state index is -0.776. The van der Waals surface area contributed by atoms with Crippen molar-refractivity contribution in [2.24, 2.45) is 11.8 Å². The van der Waals surface area contributed by atoms with Crippen molar-refractivity contribution in [2.45, 2.75) is 39.5 Å². The Kier molecular flexibility index (Phi) is 4.77. The van der Waals surface area contributed by atoms with E-state index in [4.69, 9.17) is 5.11 Å². The van der Waals surface area contributed by atoms with E-state index in [-0.39, 0.29) is 17.7 Å². The molecule has 1 aliphatic rings. The van der Waals surface area contributed by atoms with Crippen molar-refractivity contribution in [3.8, 4) is 0 Å². The minimum absolute atomic E-state index is 0.0625. The van der Waals surface area contributed by atoms with Gasteiger partial charge in [0.25, 0.3) is 0 Å². The Hall–Kier alpha value is -1.06. The van der Waals surface area contributed by atoms with Crippen molar-refractivity contribution in [3.63, 3.8) is 0 Å². The van der Waals surface area contributed by atoms with Crippen LogP contribution < -0.4 is 0 Å². The lowest BCUT2D eigenvalue weighted by atomic mass is 9.95. The van der Waals surface area contributed by atoms with Gasteiger partial charge in [-0.05, 0) is 25.7 Å². The second-order valence-electron chi connectivity index (χ2n) is 4.48. The van der Waals surface area contributed by atoms with E-state index < -0.39 is 5.97 Å². The van der Waals surface area contributed by atoms with Crippen molar-refractivity contribution in [1.29, 1.82) is 0 Å². The number of carboxylic acid groups (broad SMARTS) is 1. The fraction of sp³-hybridized carbons (Fsp3) is 0.833. The molecule has 0 aromatic rings. The van der Waals surface area contributed by atoms with Crippen LogP contribution in [0.2, 0.25) is 0 Å². The van der Waals surface area contributed by atoms with Crippen molar-refractivity contribution >= 4 is 11.9 Å². The van der Waals surface area contributed by atoms with Crippen LogP contribution in [0.3, 0.4) is 0 Å². The summed E-state index contributed by atoms with van der Waals surface area (Å²) in [5.74, 6) is -0.947. The van der Waals surface area contributed by atoms with Crippen LogP contribution in [-0.2, 0) is 9.59 Å². The maximum absolute atomic E-state index is 12.1. The van der Waals surface area contributed by atoms with Gasteiger partial charge >= 0.3 is 5.97 Å². The normalized spacial score (nSPS) is 21.2. The van der Waals surface area contributed by atoms with Gasteiger partial charge in [0, 0.05) is 19.0 Å². The zero-order valence-electron chi connectivity index (χ0n) is 10.1. The smallest absolute Gasteiger partial charge is 0.308 e. The molecule has 92 valence electrons. The van der Waals surface area contributed by atoms with Crippen molar-refractivity contribution < 1.29 is 14.7 Å². The van der Waals surface area contributed by atoms with Crippen LogP contribution in [0.15, 0.2) is 0 Å². The van der Waals surface area contributed by atoms with Gasteiger partial charge in [-0.15, -0.1) is 0 Å². The minimum Gasteiger partial charge on any atom is -0.481 e. The van der Waals surface area contributed by atoms with Crippen LogP contribution >= 0.6 is 0 Å². The summed E-state index contributed by atoms with van der Waals surface area (Å²) in [6.07, 6.45) is 3.18. The number of carbonyl (C=O) groups excluding carboxylic acids is 1. The molecule has 1 aliphatic heterocycles. The van der Waals surface area contributed by atoms with Crippen molar-refractivity contribution in [2.75, 3.05) is 13.1 Å². The number of carboxylic acids is 1. The molecule has 0 aliphatic carbocycles. The quantitative estimate of drug-likeness (QED) is 0.796. The molecule has 1 heterocycles. The summed E-state index contributed by atoms with van der Waals surface area (Å²) < 4.78 is 0. The maximum Gasteiger partial charge on any atom is 0.308 e. The Morgan fingerprint density at radius 3 is 2.50 bits per heavy atom. The second kappa shape index (κ2) is 5.87. The summed E-state index contributed by atoms with van der Waals surface area (Å²) >= 11 is 0. The van der Waals surface area contributed by atoms with Gasteiger partial charge in [-0.2, -0.15) is 0 Å². The Balaban J connectivity index is 2.59. The fourth-order valence-corrected chi connectivity index (χ4v) is 2.27. The number of piperidine rings is 1. The SMILES string of the molecule is CCC(CC)C(=O)N1CCCC(C(=O)O)C1. The van der Waals surface area contributed by atoms with Gasteiger partial charge < -0.3 is 10.0 Å². The number of carbonyl (C=O) groups is 2. The zero-order valence-corrected chi connectivity index (χ0v) is 10.1. The highest BCUT2D eigenvalue weighted by Gasteiger charge is 2.30. The summed E-state index contributed by atoms with van der Waals surface area (Å²) in [6.45, 7) is 5.12. The Morgan fingerprint density at radius 1 is 1.38 bits per heavy atom. The molecule has 16 heavy (non-hydrogen) atoms. The Bertz CT molecular complexity index is 261. The summed E-state index contributed by atoms with van der Waals surface area (Å²) in [7, 11) is 0. The second-order valence-corrected chi connectivity index (χ2v) is 4.48. The molecule has 1 amide bonds. The maximum atomic E-state index is 12.1. The van der Waals surface area contributed by atoms with Gasteiger partial charge in [-0.3, -0.25) is 9.59 Å². The summed E-state index contributed by atoms with van der Waals surface area (Å²) in [5, 5.41) is 8.95. The number of hydrogen-bond acceptors (Lipinski definition) is 2. The molecule has 1 fully saturated rings. The zero-order chi connectivity index (χ0) is 12.1. The summed E-state index contributed by atoms with van der Waals surface area (Å²) in [4.78, 5) is 24.7. The average Bonchev–Trinajstić information content (AvgIpc) is 2.30. The molecule has 1 N–H and O–H groups in total. The van der Waals surface area contributed by atoms with E-state index >= 15 is 0 Å². The third kappa shape index (κ3) is 2.97. The predicted molar refractivity (Wildman–Crippen MR) is 61.0 cm³/mol. The van der Waals surface area contributed by atoms with E-state index in [1.807, 2.05) is 13.8 Å². The van der Waals surface area contributed by atoms with E-state index in [2.05, 4.69) is 0 Å². The largest absolute Gasteiger partial charge is 0.481 e. The highest BCUT2D eigenvalue weighted by molar-refractivity contribution is 5.80. The van der Waals surface area contributed by atoms with Crippen LogP contribution in [0.5, 0.6) is 0 Å². The van der Waals surface area contributed by atoms with E-state index in [9.17, 15) is 9.59 Å². The first kappa shape index (κ1) is 13.0. The van der Waals surface area contributed by atoms with Crippen molar-refractivity contribution in [3.05, 3.63) is 0 Å². The molecule has 0 aromatic carbocycles. The molecule has 0 spiro atoms. The summed E-state index contributed by atoms with van der Waals surface area (Å²) in [6, 6.07) is 0. The van der Waals surface area contributed by atoms with Crippen LogP contribution in [-0.4, -0.2) is 35.0 Å². The highest BCUT2D eigenvalue weighted by Crippen LogP contribution is 2.20. The Labute approximate surface area is 96.6 Å². The van der Waals surface area contributed by atoms with Crippen molar-refractivity contribution in [1.82, 2.24) is 4.90 Å². The first-order valence-corrected chi connectivity index (χ1v) is 6.11. The molecule has 1 atom stereocenters. The van der Waals surface area contributed by atoms with Crippen LogP contribution in [0.4, 0.5) is 0 Å². The number of likely N-dealkylation sites (tertiary alicyclic amines) is 1. The fourth-order valence-electron chi connectivity index (χ4n) is 2.27. The molecule has 4 nitrogen and oxygen atoms in total.